The van der Waals surface area contributed by atoms with Gasteiger partial charge >= 0.3 is 0 Å². The first-order chi connectivity index (χ1) is 7.09. The molecule has 0 heterocycles. The van der Waals surface area contributed by atoms with E-state index in [-0.39, 0.29) is 11.5 Å². The Labute approximate surface area is 85.8 Å². The average molecular weight is 207 g/mol. The van der Waals surface area contributed by atoms with Crippen LogP contribution in [0, 0.1) is 10.1 Å². The third-order valence-corrected chi connectivity index (χ3v) is 1.52. The van der Waals surface area contributed by atoms with Gasteiger partial charge in [-0.25, -0.2) is 0 Å². The minimum absolute atomic E-state index is 0.0103. The second kappa shape index (κ2) is 4.85. The number of hydrogen-bond acceptors (Lipinski definition) is 5. The Morgan fingerprint density at radius 1 is 1.47 bits per heavy atom. The zero-order valence-corrected chi connectivity index (χ0v) is 8.01. The molecule has 15 heavy (non-hydrogen) atoms. The predicted molar refractivity (Wildman–Crippen MR) is 55.9 cm³/mol. The molecule has 1 aromatic carbocycles. The predicted octanol–water partition coefficient (Wildman–Crippen LogP) is 1.58. The fraction of sp³-hybridized carbons (Fsp3) is 0.111. The number of benzene rings is 1. The third kappa shape index (κ3) is 3.55. The van der Waals surface area contributed by atoms with Crippen LogP contribution in [0.25, 0.3) is 0 Å². The Hall–Kier alpha value is -2.24. The number of Topliss-reactive ketones (excluding diaryl/α,β-unsaturated/α-hetero) is 1. The largest absolute Gasteiger partial charge is 0.293 e. The topological polar surface area (TPSA) is 84.6 Å². The van der Waals surface area contributed by atoms with Gasteiger partial charge in [-0.1, -0.05) is 0 Å². The lowest BCUT2D eigenvalue weighted by atomic mass is 10.3. The number of non-ortho nitro benzene ring substituents is 1. The van der Waals surface area contributed by atoms with Gasteiger partial charge in [0.1, 0.15) is 0 Å². The second-order valence-electron chi connectivity index (χ2n) is 2.78. The van der Waals surface area contributed by atoms with Gasteiger partial charge in [0.05, 0.1) is 16.8 Å². The van der Waals surface area contributed by atoms with E-state index in [1.165, 1.54) is 31.2 Å². The van der Waals surface area contributed by atoms with Crippen molar-refractivity contribution < 1.29 is 9.72 Å². The first kappa shape index (κ1) is 10.8. The normalized spacial score (nSPS) is 10.2. The van der Waals surface area contributed by atoms with Crippen molar-refractivity contribution in [1.82, 2.24) is 0 Å². The third-order valence-electron chi connectivity index (χ3n) is 1.52. The number of nitrogens with one attached hydrogen (secondary N) is 1. The average Bonchev–Trinajstić information content (AvgIpc) is 2.18. The van der Waals surface area contributed by atoms with Crippen LogP contribution in [0.15, 0.2) is 29.4 Å². The van der Waals surface area contributed by atoms with E-state index in [2.05, 4.69) is 10.5 Å². The molecular weight excluding hydrogens is 198 g/mol. The summed E-state index contributed by atoms with van der Waals surface area (Å²) in [5.74, 6) is -0.176. The number of anilines is 1. The molecule has 6 nitrogen and oxygen atoms in total. The van der Waals surface area contributed by atoms with Gasteiger partial charge in [0.15, 0.2) is 5.78 Å². The quantitative estimate of drug-likeness (QED) is 0.461. The number of hydrazone groups is 1. The van der Waals surface area contributed by atoms with E-state index in [1.807, 2.05) is 0 Å². The van der Waals surface area contributed by atoms with Gasteiger partial charge in [0.2, 0.25) is 0 Å². The van der Waals surface area contributed by atoms with Crippen LogP contribution >= 0.6 is 0 Å². The number of hydrogen-bond donors (Lipinski definition) is 1. The summed E-state index contributed by atoms with van der Waals surface area (Å²) in [6.07, 6.45) is 1.13. The highest BCUT2D eigenvalue weighted by molar-refractivity contribution is 6.26. The highest BCUT2D eigenvalue weighted by Gasteiger charge is 2.02. The molecule has 0 aromatic heterocycles. The van der Waals surface area contributed by atoms with E-state index < -0.39 is 4.92 Å². The Morgan fingerprint density at radius 2 is 2.07 bits per heavy atom. The van der Waals surface area contributed by atoms with Crippen LogP contribution in [0.1, 0.15) is 6.92 Å². The second-order valence-corrected chi connectivity index (χ2v) is 2.78. The van der Waals surface area contributed by atoms with Gasteiger partial charge in [-0.2, -0.15) is 5.10 Å². The summed E-state index contributed by atoms with van der Waals surface area (Å²) in [6.45, 7) is 1.38. The van der Waals surface area contributed by atoms with Crippen LogP contribution in [0.5, 0.6) is 0 Å². The highest BCUT2D eigenvalue weighted by Crippen LogP contribution is 2.14. The molecule has 0 saturated heterocycles. The van der Waals surface area contributed by atoms with Crippen LogP contribution in [0.2, 0.25) is 0 Å². The molecule has 1 rings (SSSR count). The summed E-state index contributed by atoms with van der Waals surface area (Å²) in [7, 11) is 0. The first-order valence-corrected chi connectivity index (χ1v) is 4.13. The summed E-state index contributed by atoms with van der Waals surface area (Å²) in [6, 6.07) is 5.72. The highest BCUT2D eigenvalue weighted by atomic mass is 16.6. The Balaban J connectivity index is 2.65. The maximum absolute atomic E-state index is 10.5. The van der Waals surface area contributed by atoms with Gasteiger partial charge in [-0.05, 0) is 12.1 Å². The molecule has 0 unspecified atom stereocenters. The standard InChI is InChI=1S/C9H9N3O3/c1-7(13)6-10-11-8-2-4-9(5-3-8)12(14)15/h2-6,11H,1H3. The van der Waals surface area contributed by atoms with E-state index >= 15 is 0 Å². The zero-order valence-electron chi connectivity index (χ0n) is 8.01. The van der Waals surface area contributed by atoms with Crippen molar-refractivity contribution in [2.45, 2.75) is 6.92 Å². The number of nitrogens with zero attached hydrogens (tertiary/aromatic N) is 2. The van der Waals surface area contributed by atoms with Crippen molar-refractivity contribution in [3.05, 3.63) is 34.4 Å². The SMILES string of the molecule is CC(=O)C=NNc1ccc([N+](=O)[O-])cc1. The fourth-order valence-corrected chi connectivity index (χ4v) is 0.855. The number of carbonyl (C=O) groups is 1. The molecule has 1 N–H and O–H groups in total. The van der Waals surface area contributed by atoms with Gasteiger partial charge < -0.3 is 0 Å². The van der Waals surface area contributed by atoms with Crippen molar-refractivity contribution in [1.29, 1.82) is 0 Å². The number of rotatable bonds is 4. The van der Waals surface area contributed by atoms with Crippen molar-refractivity contribution in [3.8, 4) is 0 Å². The Morgan fingerprint density at radius 3 is 2.53 bits per heavy atom. The molecule has 0 bridgehead atoms. The molecule has 0 saturated carbocycles. The first-order valence-electron chi connectivity index (χ1n) is 4.13. The smallest absolute Gasteiger partial charge is 0.269 e. The number of nitro benzene ring substituents is 1. The number of ketones is 1. The van der Waals surface area contributed by atoms with Crippen LogP contribution in [-0.2, 0) is 4.79 Å². The van der Waals surface area contributed by atoms with E-state index in [9.17, 15) is 14.9 Å². The van der Waals surface area contributed by atoms with E-state index in [1.54, 1.807) is 0 Å². The summed E-state index contributed by atoms with van der Waals surface area (Å²) in [5.41, 5.74) is 3.16. The van der Waals surface area contributed by atoms with Gasteiger partial charge in [-0.3, -0.25) is 20.3 Å². The fourth-order valence-electron chi connectivity index (χ4n) is 0.855. The minimum atomic E-state index is -0.484. The molecule has 0 aliphatic carbocycles. The zero-order chi connectivity index (χ0) is 11.3. The van der Waals surface area contributed by atoms with E-state index in [4.69, 9.17) is 0 Å². The molecular formula is C9H9N3O3. The van der Waals surface area contributed by atoms with Gasteiger partial charge in [0.25, 0.3) is 5.69 Å². The lowest BCUT2D eigenvalue weighted by Gasteiger charge is -1.97. The van der Waals surface area contributed by atoms with E-state index in [0.717, 1.165) is 6.21 Å². The van der Waals surface area contributed by atoms with Gasteiger partial charge in [-0.15, -0.1) is 0 Å². The molecule has 0 amide bonds. The molecule has 0 radical (unpaired) electrons. The molecule has 0 spiro atoms. The number of carbonyl (C=O) groups excluding carboxylic acids is 1. The van der Waals surface area contributed by atoms with Crippen molar-refractivity contribution in [2.75, 3.05) is 5.43 Å². The maximum Gasteiger partial charge on any atom is 0.269 e. The molecule has 0 aliphatic rings. The van der Waals surface area contributed by atoms with Crippen LogP contribution in [0.4, 0.5) is 11.4 Å². The Kier molecular flexibility index (Phi) is 3.50. The molecule has 0 aliphatic heterocycles. The molecule has 0 fully saturated rings. The van der Waals surface area contributed by atoms with Crippen LogP contribution in [0.3, 0.4) is 0 Å². The Bertz CT molecular complexity index is 398. The molecule has 0 atom stereocenters. The summed E-state index contributed by atoms with van der Waals surface area (Å²) < 4.78 is 0. The van der Waals surface area contributed by atoms with E-state index in [0.29, 0.717) is 5.69 Å². The summed E-state index contributed by atoms with van der Waals surface area (Å²) in [5, 5.41) is 13.9. The van der Waals surface area contributed by atoms with Crippen molar-refractivity contribution in [2.24, 2.45) is 5.10 Å². The molecule has 78 valence electrons. The minimum Gasteiger partial charge on any atom is -0.293 e. The van der Waals surface area contributed by atoms with Crippen molar-refractivity contribution in [3.63, 3.8) is 0 Å². The maximum atomic E-state index is 10.5. The number of nitro groups is 1. The lowest BCUT2D eigenvalue weighted by molar-refractivity contribution is -0.384. The van der Waals surface area contributed by atoms with Gasteiger partial charge in [0, 0.05) is 19.1 Å². The lowest BCUT2D eigenvalue weighted by Crippen LogP contribution is -1.95. The van der Waals surface area contributed by atoms with Crippen molar-refractivity contribution >= 4 is 23.4 Å². The van der Waals surface area contributed by atoms with Crippen LogP contribution in [-0.4, -0.2) is 16.9 Å². The summed E-state index contributed by atoms with van der Waals surface area (Å²) >= 11 is 0. The summed E-state index contributed by atoms with van der Waals surface area (Å²) in [4.78, 5) is 20.3. The molecule has 6 heteroatoms. The monoisotopic (exact) mass is 207 g/mol. The van der Waals surface area contributed by atoms with Crippen LogP contribution < -0.4 is 5.43 Å². The molecule has 1 aromatic rings.